The van der Waals surface area contributed by atoms with Gasteiger partial charge in [-0.1, -0.05) is 11.6 Å². The molecule has 3 rings (SSSR count). The normalized spacial score (nSPS) is 14.2. The van der Waals surface area contributed by atoms with E-state index in [-0.39, 0.29) is 23.7 Å². The second-order valence-electron chi connectivity index (χ2n) is 5.01. The Bertz CT molecular complexity index is 808. The molecule has 1 amide bonds. The highest BCUT2D eigenvalue weighted by Crippen LogP contribution is 2.44. The van der Waals surface area contributed by atoms with Crippen LogP contribution in [-0.2, 0) is 11.0 Å². The first kappa shape index (κ1) is 16.4. The predicted molar refractivity (Wildman–Crippen MR) is 82.1 cm³/mol. The first-order valence-corrected chi connectivity index (χ1v) is 7.19. The van der Waals surface area contributed by atoms with Crippen LogP contribution in [0.1, 0.15) is 5.56 Å². The van der Waals surface area contributed by atoms with Crippen molar-refractivity contribution in [2.75, 3.05) is 18.6 Å². The maximum Gasteiger partial charge on any atom is 0.416 e. The third-order valence-electron chi connectivity index (χ3n) is 3.51. The Labute approximate surface area is 140 Å². The van der Waals surface area contributed by atoms with Crippen LogP contribution < -0.4 is 14.4 Å². The first-order valence-electron chi connectivity index (χ1n) is 6.82. The van der Waals surface area contributed by atoms with Crippen LogP contribution in [0.4, 0.5) is 24.5 Å². The highest BCUT2D eigenvalue weighted by molar-refractivity contribution is 6.31. The van der Waals surface area contributed by atoms with Crippen molar-refractivity contribution in [2.45, 2.75) is 6.18 Å². The summed E-state index contributed by atoms with van der Waals surface area (Å²) >= 11 is 5.97. The molecule has 0 fully saturated rings. The maximum absolute atomic E-state index is 13.0. The summed E-state index contributed by atoms with van der Waals surface area (Å²) in [6.07, 6.45) is -4.54. The maximum atomic E-state index is 13.0. The van der Waals surface area contributed by atoms with Gasteiger partial charge in [0.05, 0.1) is 24.0 Å². The van der Waals surface area contributed by atoms with Crippen LogP contribution in [0.25, 0.3) is 0 Å². The molecular weight excluding hydrogens is 347 g/mol. The van der Waals surface area contributed by atoms with Gasteiger partial charge >= 0.3 is 6.18 Å². The van der Waals surface area contributed by atoms with Gasteiger partial charge in [-0.05, 0) is 36.4 Å². The fourth-order valence-electron chi connectivity index (χ4n) is 2.43. The minimum absolute atomic E-state index is 0.0124. The number of anilines is 2. The van der Waals surface area contributed by atoms with Crippen molar-refractivity contribution >= 4 is 28.9 Å². The number of methoxy groups -OCH3 is 1. The SMILES string of the molecule is COc1ccc(Cl)cc1N1C(=O)COc2ccc(C(F)(F)F)cc21. The monoisotopic (exact) mass is 357 g/mol. The Balaban J connectivity index is 2.20. The number of ether oxygens (including phenoxy) is 2. The number of fused-ring (bicyclic) bond motifs is 1. The van der Waals surface area contributed by atoms with E-state index in [1.165, 1.54) is 25.3 Å². The van der Waals surface area contributed by atoms with Gasteiger partial charge in [0, 0.05) is 5.02 Å². The van der Waals surface area contributed by atoms with Crippen molar-refractivity contribution in [3.05, 3.63) is 47.0 Å². The predicted octanol–water partition coefficient (Wildman–Crippen LogP) is 4.42. The summed E-state index contributed by atoms with van der Waals surface area (Å²) in [5.41, 5.74) is -0.647. The van der Waals surface area contributed by atoms with Crippen molar-refractivity contribution < 1.29 is 27.4 Å². The third kappa shape index (κ3) is 2.87. The number of alkyl halides is 3. The van der Waals surface area contributed by atoms with Gasteiger partial charge in [-0.15, -0.1) is 0 Å². The number of carbonyl (C=O) groups excluding carboxylic acids is 1. The van der Waals surface area contributed by atoms with Crippen LogP contribution in [0, 0.1) is 0 Å². The molecule has 1 aliphatic rings. The highest BCUT2D eigenvalue weighted by Gasteiger charge is 2.35. The summed E-state index contributed by atoms with van der Waals surface area (Å²) in [7, 11) is 1.39. The summed E-state index contributed by atoms with van der Waals surface area (Å²) in [5.74, 6) is -0.0509. The molecule has 24 heavy (non-hydrogen) atoms. The van der Waals surface area contributed by atoms with Crippen molar-refractivity contribution in [2.24, 2.45) is 0 Å². The zero-order valence-electron chi connectivity index (χ0n) is 12.4. The molecule has 2 aromatic rings. The van der Waals surface area contributed by atoms with Gasteiger partial charge in [0.2, 0.25) is 0 Å². The second-order valence-corrected chi connectivity index (χ2v) is 5.45. The first-order chi connectivity index (χ1) is 11.3. The molecule has 126 valence electrons. The molecule has 0 saturated heterocycles. The molecule has 0 spiro atoms. The summed E-state index contributed by atoms with van der Waals surface area (Å²) in [6.45, 7) is -0.298. The van der Waals surface area contributed by atoms with Crippen molar-refractivity contribution in [1.82, 2.24) is 0 Å². The molecule has 1 heterocycles. The fourth-order valence-corrected chi connectivity index (χ4v) is 2.60. The largest absolute Gasteiger partial charge is 0.495 e. The van der Waals surface area contributed by atoms with Gasteiger partial charge in [-0.3, -0.25) is 9.69 Å². The van der Waals surface area contributed by atoms with Gasteiger partial charge in [-0.2, -0.15) is 13.2 Å². The van der Waals surface area contributed by atoms with E-state index in [9.17, 15) is 18.0 Å². The van der Waals surface area contributed by atoms with Crippen LogP contribution in [0.2, 0.25) is 5.02 Å². The standard InChI is InChI=1S/C16H11ClF3NO3/c1-23-13-5-3-10(17)7-12(13)21-11-6-9(16(18,19)20)2-4-14(11)24-8-15(21)22/h2-7H,8H2,1H3. The zero-order chi connectivity index (χ0) is 17.5. The van der Waals surface area contributed by atoms with Gasteiger partial charge in [0.15, 0.2) is 6.61 Å². The zero-order valence-corrected chi connectivity index (χ0v) is 13.1. The minimum atomic E-state index is -4.54. The summed E-state index contributed by atoms with van der Waals surface area (Å²) < 4.78 is 49.4. The number of amides is 1. The molecule has 0 radical (unpaired) electrons. The molecule has 4 nitrogen and oxygen atoms in total. The van der Waals surface area contributed by atoms with Crippen molar-refractivity contribution in [3.8, 4) is 11.5 Å². The molecule has 2 aromatic carbocycles. The van der Waals surface area contributed by atoms with Crippen LogP contribution in [-0.4, -0.2) is 19.6 Å². The fraction of sp³-hybridized carbons (Fsp3) is 0.188. The molecule has 0 saturated carbocycles. The lowest BCUT2D eigenvalue weighted by atomic mass is 10.1. The average Bonchev–Trinajstić information content (AvgIpc) is 2.53. The molecule has 0 N–H and O–H groups in total. The van der Waals surface area contributed by atoms with Gasteiger partial charge in [-0.25, -0.2) is 0 Å². The van der Waals surface area contributed by atoms with E-state index in [1.54, 1.807) is 6.07 Å². The molecule has 1 aliphatic heterocycles. The lowest BCUT2D eigenvalue weighted by Crippen LogP contribution is -2.35. The number of benzene rings is 2. The van der Waals surface area contributed by atoms with Crippen LogP contribution >= 0.6 is 11.6 Å². The Morgan fingerprint density at radius 1 is 1.17 bits per heavy atom. The van der Waals surface area contributed by atoms with Crippen molar-refractivity contribution in [3.63, 3.8) is 0 Å². The number of carbonyl (C=O) groups is 1. The Morgan fingerprint density at radius 2 is 1.92 bits per heavy atom. The summed E-state index contributed by atoms with van der Waals surface area (Å²) in [6, 6.07) is 7.51. The lowest BCUT2D eigenvalue weighted by molar-refractivity contribution is -0.137. The van der Waals surface area contributed by atoms with E-state index in [0.29, 0.717) is 10.8 Å². The number of hydrogen-bond acceptors (Lipinski definition) is 3. The van der Waals surface area contributed by atoms with E-state index in [1.807, 2.05) is 0 Å². The lowest BCUT2D eigenvalue weighted by Gasteiger charge is -2.31. The average molecular weight is 358 g/mol. The van der Waals surface area contributed by atoms with Gasteiger partial charge < -0.3 is 9.47 Å². The molecular formula is C16H11ClF3NO3. The van der Waals surface area contributed by atoms with Crippen molar-refractivity contribution in [1.29, 1.82) is 0 Å². The topological polar surface area (TPSA) is 38.8 Å². The summed E-state index contributed by atoms with van der Waals surface area (Å²) in [5, 5.41) is 0.318. The van der Waals surface area contributed by atoms with Gasteiger partial charge in [0.25, 0.3) is 5.91 Å². The van der Waals surface area contributed by atoms with E-state index in [0.717, 1.165) is 17.0 Å². The smallest absolute Gasteiger partial charge is 0.416 e. The Hall–Kier alpha value is -2.41. The second kappa shape index (κ2) is 5.90. The Morgan fingerprint density at radius 3 is 2.58 bits per heavy atom. The highest BCUT2D eigenvalue weighted by atomic mass is 35.5. The molecule has 0 atom stereocenters. The molecule has 0 aliphatic carbocycles. The van der Waals surface area contributed by atoms with Crippen LogP contribution in [0.15, 0.2) is 36.4 Å². The Kier molecular flexibility index (Phi) is 4.04. The molecule has 0 bridgehead atoms. The molecule has 0 unspecified atom stereocenters. The van der Waals surface area contributed by atoms with Crippen LogP contribution in [0.3, 0.4) is 0 Å². The van der Waals surface area contributed by atoms with E-state index in [4.69, 9.17) is 21.1 Å². The van der Waals surface area contributed by atoms with E-state index >= 15 is 0 Å². The minimum Gasteiger partial charge on any atom is -0.495 e. The number of rotatable bonds is 2. The van der Waals surface area contributed by atoms with E-state index in [2.05, 4.69) is 0 Å². The van der Waals surface area contributed by atoms with Crippen LogP contribution in [0.5, 0.6) is 11.5 Å². The molecule has 8 heteroatoms. The number of halogens is 4. The van der Waals surface area contributed by atoms with Gasteiger partial charge in [0.1, 0.15) is 11.5 Å². The summed E-state index contributed by atoms with van der Waals surface area (Å²) in [4.78, 5) is 13.4. The number of hydrogen-bond donors (Lipinski definition) is 0. The molecule has 0 aromatic heterocycles. The third-order valence-corrected chi connectivity index (χ3v) is 3.74. The van der Waals surface area contributed by atoms with E-state index < -0.39 is 17.6 Å². The quantitative estimate of drug-likeness (QED) is 0.798. The number of nitrogens with zero attached hydrogens (tertiary/aromatic N) is 1.